The zero-order chi connectivity index (χ0) is 22.7. The molecule has 1 aliphatic heterocycles. The highest BCUT2D eigenvalue weighted by atomic mass is 127. The number of piperazine rings is 1. The smallest absolute Gasteiger partial charge is 0.191 e. The van der Waals surface area contributed by atoms with Gasteiger partial charge in [0.15, 0.2) is 17.4 Å². The lowest BCUT2D eigenvalue weighted by Gasteiger charge is -2.34. The van der Waals surface area contributed by atoms with E-state index in [4.69, 9.17) is 4.99 Å². The van der Waals surface area contributed by atoms with Crippen LogP contribution in [0.1, 0.15) is 31.2 Å². The number of benzene rings is 1. The van der Waals surface area contributed by atoms with Crippen LogP contribution >= 0.6 is 24.0 Å². The van der Waals surface area contributed by atoms with E-state index in [0.717, 1.165) is 69.7 Å². The van der Waals surface area contributed by atoms with Crippen LogP contribution in [0.4, 0.5) is 0 Å². The monoisotopic (exact) mass is 576 g/mol. The standard InChI is InChI=1S/C25H36N8.HI/c1-2-26-25(28-20-24-30-29-23-12-6-8-15-33(23)24)27-13-7-9-14-31-16-18-32(19-17-31)21-22-10-4-3-5-11-22;/h3-6,8,10-12,15H,2,7,9,13-14,16-21H2,1H3,(H2,26,27,28);1H. The van der Waals surface area contributed by atoms with Crippen molar-refractivity contribution in [3.8, 4) is 0 Å². The highest BCUT2D eigenvalue weighted by Gasteiger charge is 2.16. The number of hydrogen-bond acceptors (Lipinski definition) is 5. The van der Waals surface area contributed by atoms with Crippen LogP contribution < -0.4 is 10.6 Å². The molecule has 0 saturated carbocycles. The minimum absolute atomic E-state index is 0. The Balaban J connectivity index is 0.00000324. The maximum Gasteiger partial charge on any atom is 0.191 e. The fourth-order valence-corrected chi connectivity index (χ4v) is 4.17. The number of nitrogens with zero attached hydrogens (tertiary/aromatic N) is 6. The average molecular weight is 577 g/mol. The number of aliphatic imine (C=N–C) groups is 1. The first-order chi connectivity index (χ1) is 16.3. The largest absolute Gasteiger partial charge is 0.357 e. The summed E-state index contributed by atoms with van der Waals surface area (Å²) >= 11 is 0. The second-order valence-electron chi connectivity index (χ2n) is 8.48. The molecule has 2 aromatic heterocycles. The number of halogens is 1. The number of unbranched alkanes of at least 4 members (excludes halogenated alkanes) is 1. The van der Waals surface area contributed by atoms with Gasteiger partial charge in [0.25, 0.3) is 0 Å². The van der Waals surface area contributed by atoms with Crippen LogP contribution in [0.3, 0.4) is 0 Å². The number of guanidine groups is 1. The van der Waals surface area contributed by atoms with Crippen molar-refractivity contribution in [1.29, 1.82) is 0 Å². The molecular weight excluding hydrogens is 539 g/mol. The second-order valence-corrected chi connectivity index (χ2v) is 8.48. The molecule has 0 atom stereocenters. The molecule has 1 fully saturated rings. The van der Waals surface area contributed by atoms with E-state index in [1.54, 1.807) is 0 Å². The van der Waals surface area contributed by atoms with Gasteiger partial charge in [0, 0.05) is 52.0 Å². The lowest BCUT2D eigenvalue weighted by molar-refractivity contribution is 0.126. The van der Waals surface area contributed by atoms with E-state index >= 15 is 0 Å². The van der Waals surface area contributed by atoms with Gasteiger partial charge in [-0.05, 0) is 44.0 Å². The molecule has 0 unspecified atom stereocenters. The van der Waals surface area contributed by atoms with Crippen LogP contribution in [0, 0.1) is 0 Å². The first kappa shape index (κ1) is 26.4. The third-order valence-corrected chi connectivity index (χ3v) is 6.01. The van der Waals surface area contributed by atoms with E-state index in [9.17, 15) is 0 Å². The van der Waals surface area contributed by atoms with Crippen molar-refractivity contribution >= 4 is 35.6 Å². The van der Waals surface area contributed by atoms with E-state index < -0.39 is 0 Å². The molecule has 2 N–H and O–H groups in total. The average Bonchev–Trinajstić information content (AvgIpc) is 3.27. The quantitative estimate of drug-likeness (QED) is 0.167. The summed E-state index contributed by atoms with van der Waals surface area (Å²) in [4.78, 5) is 9.85. The van der Waals surface area contributed by atoms with Gasteiger partial charge in [-0.2, -0.15) is 0 Å². The fourth-order valence-electron chi connectivity index (χ4n) is 4.17. The Bertz CT molecular complexity index is 998. The topological polar surface area (TPSA) is 73.1 Å². The Kier molecular flexibility index (Phi) is 11.0. The summed E-state index contributed by atoms with van der Waals surface area (Å²) in [5.41, 5.74) is 2.26. The summed E-state index contributed by atoms with van der Waals surface area (Å²) in [6, 6.07) is 16.7. The lowest BCUT2D eigenvalue weighted by atomic mass is 10.2. The molecule has 0 bridgehead atoms. The van der Waals surface area contributed by atoms with Crippen molar-refractivity contribution in [1.82, 2.24) is 35.0 Å². The predicted molar refractivity (Wildman–Crippen MR) is 149 cm³/mol. The zero-order valence-corrected chi connectivity index (χ0v) is 22.4. The number of pyridine rings is 1. The zero-order valence-electron chi connectivity index (χ0n) is 20.1. The van der Waals surface area contributed by atoms with E-state index in [1.807, 2.05) is 28.8 Å². The highest BCUT2D eigenvalue weighted by Crippen LogP contribution is 2.09. The van der Waals surface area contributed by atoms with Crippen molar-refractivity contribution < 1.29 is 0 Å². The Morgan fingerprint density at radius 2 is 1.68 bits per heavy atom. The van der Waals surface area contributed by atoms with Gasteiger partial charge in [0.2, 0.25) is 0 Å². The molecule has 1 aromatic carbocycles. The predicted octanol–water partition coefficient (Wildman–Crippen LogP) is 3.00. The number of nitrogens with one attached hydrogen (secondary N) is 2. The molecular formula is C25H37IN8. The van der Waals surface area contributed by atoms with Crippen LogP contribution in [0.5, 0.6) is 0 Å². The molecule has 8 nitrogen and oxygen atoms in total. The van der Waals surface area contributed by atoms with E-state index in [-0.39, 0.29) is 24.0 Å². The van der Waals surface area contributed by atoms with Gasteiger partial charge in [-0.25, -0.2) is 4.99 Å². The van der Waals surface area contributed by atoms with Crippen molar-refractivity contribution in [3.05, 3.63) is 66.1 Å². The molecule has 3 aromatic rings. The molecule has 0 amide bonds. The Morgan fingerprint density at radius 1 is 0.912 bits per heavy atom. The second kappa shape index (κ2) is 14.2. The molecule has 3 heterocycles. The number of aromatic nitrogens is 3. The van der Waals surface area contributed by atoms with Crippen molar-refractivity contribution in [2.45, 2.75) is 32.9 Å². The molecule has 4 rings (SSSR count). The van der Waals surface area contributed by atoms with Crippen LogP contribution in [-0.2, 0) is 13.1 Å². The van der Waals surface area contributed by atoms with Gasteiger partial charge in [-0.3, -0.25) is 9.30 Å². The summed E-state index contributed by atoms with van der Waals surface area (Å²) in [7, 11) is 0. The summed E-state index contributed by atoms with van der Waals surface area (Å²) in [5.74, 6) is 1.67. The van der Waals surface area contributed by atoms with E-state index in [1.165, 1.54) is 18.5 Å². The lowest BCUT2D eigenvalue weighted by Crippen LogP contribution is -2.46. The molecule has 1 saturated heterocycles. The maximum atomic E-state index is 4.69. The molecule has 9 heteroatoms. The van der Waals surface area contributed by atoms with Gasteiger partial charge >= 0.3 is 0 Å². The first-order valence-corrected chi connectivity index (χ1v) is 12.1. The van der Waals surface area contributed by atoms with Crippen LogP contribution in [0.2, 0.25) is 0 Å². The van der Waals surface area contributed by atoms with Crippen molar-refractivity contribution in [2.75, 3.05) is 45.8 Å². The molecule has 34 heavy (non-hydrogen) atoms. The van der Waals surface area contributed by atoms with Crippen molar-refractivity contribution in [2.24, 2.45) is 4.99 Å². The van der Waals surface area contributed by atoms with Gasteiger partial charge in [0.05, 0.1) is 0 Å². The number of fused-ring (bicyclic) bond motifs is 1. The minimum Gasteiger partial charge on any atom is -0.357 e. The van der Waals surface area contributed by atoms with Gasteiger partial charge in [-0.15, -0.1) is 34.2 Å². The molecule has 1 aliphatic rings. The van der Waals surface area contributed by atoms with E-state index in [2.05, 4.69) is 67.9 Å². The Morgan fingerprint density at radius 3 is 2.47 bits per heavy atom. The highest BCUT2D eigenvalue weighted by molar-refractivity contribution is 14.0. The first-order valence-electron chi connectivity index (χ1n) is 12.1. The molecule has 184 valence electrons. The van der Waals surface area contributed by atoms with Crippen LogP contribution in [0.25, 0.3) is 5.65 Å². The van der Waals surface area contributed by atoms with E-state index in [0.29, 0.717) is 6.54 Å². The molecule has 0 radical (unpaired) electrons. The van der Waals surface area contributed by atoms with Gasteiger partial charge in [-0.1, -0.05) is 36.4 Å². The molecule has 0 spiro atoms. The normalized spacial score (nSPS) is 15.3. The number of hydrogen-bond donors (Lipinski definition) is 2. The summed E-state index contributed by atoms with van der Waals surface area (Å²) in [5, 5.41) is 15.2. The summed E-state index contributed by atoms with van der Waals surface area (Å²) in [6.45, 7) is 11.2. The van der Waals surface area contributed by atoms with Gasteiger partial charge < -0.3 is 15.5 Å². The Hall–Kier alpha value is -2.24. The fraction of sp³-hybridized carbons (Fsp3) is 0.480. The Labute approximate surface area is 219 Å². The van der Waals surface area contributed by atoms with Crippen LogP contribution in [-0.4, -0.2) is 76.2 Å². The van der Waals surface area contributed by atoms with Crippen LogP contribution in [0.15, 0.2) is 59.7 Å². The number of rotatable bonds is 10. The summed E-state index contributed by atoms with van der Waals surface area (Å²) < 4.78 is 1.98. The van der Waals surface area contributed by atoms with Gasteiger partial charge in [0.1, 0.15) is 6.54 Å². The third-order valence-electron chi connectivity index (χ3n) is 6.01. The SMILES string of the molecule is CCNC(=NCc1nnc2ccccn12)NCCCCN1CCN(Cc2ccccc2)CC1.I. The minimum atomic E-state index is 0. The van der Waals surface area contributed by atoms with Crippen molar-refractivity contribution in [3.63, 3.8) is 0 Å². The maximum absolute atomic E-state index is 4.69. The summed E-state index contributed by atoms with van der Waals surface area (Å²) in [6.07, 6.45) is 4.30. The third kappa shape index (κ3) is 7.92. The molecule has 0 aliphatic carbocycles.